The summed E-state index contributed by atoms with van der Waals surface area (Å²) >= 11 is 0. The van der Waals surface area contributed by atoms with Crippen LogP contribution in [-0.4, -0.2) is 69.5 Å². The molecule has 1 aliphatic rings. The lowest BCUT2D eigenvalue weighted by Gasteiger charge is -2.36. The zero-order valence-corrected chi connectivity index (χ0v) is 13.7. The van der Waals surface area contributed by atoms with Gasteiger partial charge in [0.1, 0.15) is 19.0 Å². The number of rotatable bonds is 7. The molecule has 0 bridgehead atoms. The van der Waals surface area contributed by atoms with Crippen molar-refractivity contribution < 1.29 is 27.1 Å². The molecule has 5 nitrogen and oxygen atoms in total. The van der Waals surface area contributed by atoms with E-state index in [0.717, 1.165) is 31.9 Å². The van der Waals surface area contributed by atoms with Gasteiger partial charge in [-0.05, 0) is 24.3 Å². The predicted molar refractivity (Wildman–Crippen MR) is 84.9 cm³/mol. The number of amides is 1. The summed E-state index contributed by atoms with van der Waals surface area (Å²) in [6.45, 7) is 2.09. The third-order valence-corrected chi connectivity index (χ3v) is 3.81. The summed E-state index contributed by atoms with van der Waals surface area (Å²) in [6, 6.07) is 6.34. The Labute approximate surface area is 143 Å². The highest BCUT2D eigenvalue weighted by Crippen LogP contribution is 2.16. The fourth-order valence-electron chi connectivity index (χ4n) is 2.55. The Hall–Kier alpha value is -1.87. The lowest BCUT2D eigenvalue weighted by Crippen LogP contribution is -2.48. The summed E-state index contributed by atoms with van der Waals surface area (Å²) < 4.78 is 52.9. The monoisotopic (exact) mass is 363 g/mol. The lowest BCUT2D eigenvalue weighted by atomic mass is 10.2. The smallest absolute Gasteiger partial charge is 0.369 e. The average molecular weight is 363 g/mol. The largest absolute Gasteiger partial charge is 0.411 e. The molecule has 1 fully saturated rings. The van der Waals surface area contributed by atoms with Crippen molar-refractivity contribution in [2.24, 2.45) is 0 Å². The van der Waals surface area contributed by atoms with Gasteiger partial charge in [-0.15, -0.1) is 0 Å². The van der Waals surface area contributed by atoms with Gasteiger partial charge in [0.25, 0.3) is 0 Å². The molecule has 1 amide bonds. The molecule has 0 aliphatic carbocycles. The molecule has 1 aromatic carbocycles. The van der Waals surface area contributed by atoms with Crippen LogP contribution in [0.3, 0.4) is 0 Å². The van der Waals surface area contributed by atoms with Gasteiger partial charge in [0.05, 0.1) is 0 Å². The van der Waals surface area contributed by atoms with Crippen LogP contribution in [0.25, 0.3) is 0 Å². The summed E-state index contributed by atoms with van der Waals surface area (Å²) in [5, 5.41) is 2.54. The van der Waals surface area contributed by atoms with Crippen molar-refractivity contribution in [1.82, 2.24) is 10.2 Å². The molecule has 1 aromatic rings. The Morgan fingerprint density at radius 3 is 2.36 bits per heavy atom. The van der Waals surface area contributed by atoms with Crippen molar-refractivity contribution in [3.63, 3.8) is 0 Å². The van der Waals surface area contributed by atoms with Crippen LogP contribution in [0, 0.1) is 5.82 Å². The van der Waals surface area contributed by atoms with E-state index >= 15 is 0 Å². The molecule has 1 aliphatic heterocycles. The van der Waals surface area contributed by atoms with Gasteiger partial charge in [-0.25, -0.2) is 4.39 Å². The fraction of sp³-hybridized carbons (Fsp3) is 0.562. The second kappa shape index (κ2) is 9.00. The van der Waals surface area contributed by atoms with Gasteiger partial charge in [0, 0.05) is 45.0 Å². The maximum atomic E-state index is 12.9. The van der Waals surface area contributed by atoms with Crippen LogP contribution in [0.1, 0.15) is 0 Å². The zero-order valence-electron chi connectivity index (χ0n) is 13.7. The number of ether oxygens (including phenoxy) is 1. The topological polar surface area (TPSA) is 44.8 Å². The maximum absolute atomic E-state index is 12.9. The van der Waals surface area contributed by atoms with E-state index in [1.54, 1.807) is 12.1 Å². The Kier molecular flexibility index (Phi) is 7.01. The van der Waals surface area contributed by atoms with E-state index in [4.69, 9.17) is 0 Å². The second-order valence-corrected chi connectivity index (χ2v) is 5.76. The van der Waals surface area contributed by atoms with Crippen LogP contribution in [0.5, 0.6) is 0 Å². The minimum atomic E-state index is -4.43. The number of alkyl halides is 3. The SMILES string of the molecule is O=C(COCC(F)(F)F)NCCN1CCN(c2ccc(F)cc2)CC1. The summed E-state index contributed by atoms with van der Waals surface area (Å²) in [7, 11) is 0. The molecule has 0 unspecified atom stereocenters. The summed E-state index contributed by atoms with van der Waals surface area (Å²) in [4.78, 5) is 15.7. The lowest BCUT2D eigenvalue weighted by molar-refractivity contribution is -0.175. The van der Waals surface area contributed by atoms with Crippen molar-refractivity contribution in [2.45, 2.75) is 6.18 Å². The molecule has 140 valence electrons. The van der Waals surface area contributed by atoms with Gasteiger partial charge in [0.2, 0.25) is 5.91 Å². The molecule has 0 atom stereocenters. The quantitative estimate of drug-likeness (QED) is 0.749. The van der Waals surface area contributed by atoms with Gasteiger partial charge < -0.3 is 15.0 Å². The molecule has 0 aromatic heterocycles. The van der Waals surface area contributed by atoms with Crippen molar-refractivity contribution >= 4 is 11.6 Å². The zero-order chi connectivity index (χ0) is 18.3. The molecule has 25 heavy (non-hydrogen) atoms. The van der Waals surface area contributed by atoms with Crippen molar-refractivity contribution in [3.05, 3.63) is 30.1 Å². The number of anilines is 1. The van der Waals surface area contributed by atoms with Gasteiger partial charge >= 0.3 is 6.18 Å². The number of nitrogens with one attached hydrogen (secondary N) is 1. The Morgan fingerprint density at radius 2 is 1.76 bits per heavy atom. The van der Waals surface area contributed by atoms with E-state index in [1.165, 1.54) is 12.1 Å². The van der Waals surface area contributed by atoms with E-state index < -0.39 is 25.3 Å². The molecule has 9 heteroatoms. The number of halogens is 4. The number of hydrogen-bond donors (Lipinski definition) is 1. The molecular weight excluding hydrogens is 342 g/mol. The van der Waals surface area contributed by atoms with Crippen LogP contribution in [0.4, 0.5) is 23.2 Å². The molecule has 1 N–H and O–H groups in total. The van der Waals surface area contributed by atoms with Crippen molar-refractivity contribution in [2.75, 3.05) is 57.4 Å². The minimum Gasteiger partial charge on any atom is -0.369 e. The third-order valence-electron chi connectivity index (χ3n) is 3.81. The molecule has 0 saturated carbocycles. The van der Waals surface area contributed by atoms with E-state index in [0.29, 0.717) is 13.1 Å². The first-order chi connectivity index (χ1) is 11.8. The van der Waals surface area contributed by atoms with Crippen LogP contribution in [0.2, 0.25) is 0 Å². The first kappa shape index (κ1) is 19.5. The van der Waals surface area contributed by atoms with Gasteiger partial charge in [-0.1, -0.05) is 0 Å². The molecule has 2 rings (SSSR count). The summed E-state index contributed by atoms with van der Waals surface area (Å²) in [5.41, 5.74) is 0.969. The van der Waals surface area contributed by atoms with Crippen LogP contribution in [0.15, 0.2) is 24.3 Å². The minimum absolute atomic E-state index is 0.266. The number of benzene rings is 1. The normalized spacial score (nSPS) is 16.1. The number of carbonyl (C=O) groups is 1. The van der Waals surface area contributed by atoms with Crippen LogP contribution in [-0.2, 0) is 9.53 Å². The number of hydrogen-bond acceptors (Lipinski definition) is 4. The van der Waals surface area contributed by atoms with E-state index in [9.17, 15) is 22.4 Å². The molecule has 1 saturated heterocycles. The molecule has 0 spiro atoms. The number of piperazine rings is 1. The highest BCUT2D eigenvalue weighted by Gasteiger charge is 2.27. The molecular formula is C16H21F4N3O2. The third kappa shape index (κ3) is 7.27. The first-order valence-electron chi connectivity index (χ1n) is 7.97. The van der Waals surface area contributed by atoms with Crippen molar-refractivity contribution in [1.29, 1.82) is 0 Å². The van der Waals surface area contributed by atoms with Gasteiger partial charge in [-0.2, -0.15) is 13.2 Å². The van der Waals surface area contributed by atoms with E-state index in [-0.39, 0.29) is 5.82 Å². The molecule has 1 heterocycles. The van der Waals surface area contributed by atoms with Crippen molar-refractivity contribution in [3.8, 4) is 0 Å². The highest BCUT2D eigenvalue weighted by molar-refractivity contribution is 5.77. The highest BCUT2D eigenvalue weighted by atomic mass is 19.4. The fourth-order valence-corrected chi connectivity index (χ4v) is 2.55. The number of carbonyl (C=O) groups excluding carboxylic acids is 1. The maximum Gasteiger partial charge on any atom is 0.411 e. The predicted octanol–water partition coefficient (Wildman–Crippen LogP) is 1.64. The van der Waals surface area contributed by atoms with Crippen LogP contribution >= 0.6 is 0 Å². The first-order valence-corrected chi connectivity index (χ1v) is 7.97. The Bertz CT molecular complexity index is 543. The van der Waals surface area contributed by atoms with E-state index in [1.807, 2.05) is 0 Å². The molecule has 0 radical (unpaired) electrons. The second-order valence-electron chi connectivity index (χ2n) is 5.76. The summed E-state index contributed by atoms with van der Waals surface area (Å²) in [6.07, 6.45) is -4.43. The van der Waals surface area contributed by atoms with Gasteiger partial charge in [0.15, 0.2) is 0 Å². The van der Waals surface area contributed by atoms with E-state index in [2.05, 4.69) is 19.9 Å². The summed E-state index contributed by atoms with van der Waals surface area (Å²) in [5.74, 6) is -0.827. The Balaban J connectivity index is 1.59. The van der Waals surface area contributed by atoms with Gasteiger partial charge in [-0.3, -0.25) is 9.69 Å². The Morgan fingerprint density at radius 1 is 1.12 bits per heavy atom. The number of nitrogens with zero attached hydrogens (tertiary/aromatic N) is 2. The standard InChI is InChI=1S/C16H21F4N3O2/c17-13-1-3-14(4-2-13)23-9-7-22(8-10-23)6-5-21-15(24)11-25-12-16(18,19)20/h1-4H,5-12H2,(H,21,24). The van der Waals surface area contributed by atoms with Crippen LogP contribution < -0.4 is 10.2 Å². The average Bonchev–Trinajstić information content (AvgIpc) is 2.55.